The lowest BCUT2D eigenvalue weighted by Gasteiger charge is -1.99. The molecule has 80 valence electrons. The Morgan fingerprint density at radius 1 is 1.47 bits per heavy atom. The fourth-order valence-electron chi connectivity index (χ4n) is 0.986. The topological polar surface area (TPSA) is 84.9 Å². The molecular weight excluding hydrogens is 196 g/mol. The van der Waals surface area contributed by atoms with E-state index in [4.69, 9.17) is 10.8 Å². The molecule has 5 nitrogen and oxygen atoms in total. The summed E-state index contributed by atoms with van der Waals surface area (Å²) in [6.45, 7) is 0.375. The smallest absolute Gasteiger partial charge is 0.335 e. The number of rotatable bonds is 3. The Balaban J connectivity index is 2.69. The first-order valence-electron chi connectivity index (χ1n) is 4.29. The molecule has 1 aromatic rings. The number of aliphatic imine (C=N–C) groups is 1. The molecule has 15 heavy (non-hydrogen) atoms. The number of nitrogens with two attached hydrogens (primary N) is 1. The van der Waals surface area contributed by atoms with Gasteiger partial charge >= 0.3 is 5.97 Å². The van der Waals surface area contributed by atoms with E-state index in [1.54, 1.807) is 12.1 Å². The van der Waals surface area contributed by atoms with Gasteiger partial charge in [0.05, 0.1) is 19.2 Å². The molecule has 1 rings (SSSR count). The Kier molecular flexibility index (Phi) is 3.68. The van der Waals surface area contributed by atoms with Gasteiger partial charge in [-0.2, -0.15) is 0 Å². The zero-order valence-electron chi connectivity index (χ0n) is 8.30. The van der Waals surface area contributed by atoms with Crippen molar-refractivity contribution in [2.75, 3.05) is 7.11 Å². The average molecular weight is 208 g/mol. The molecule has 3 N–H and O–H groups in total. The first kappa shape index (κ1) is 11.0. The molecule has 5 heteroatoms. The summed E-state index contributed by atoms with van der Waals surface area (Å²) in [5.74, 6) is -0.943. The van der Waals surface area contributed by atoms with Crippen molar-refractivity contribution in [3.8, 4) is 0 Å². The van der Waals surface area contributed by atoms with E-state index in [1.165, 1.54) is 19.2 Å². The molecular formula is C10H12N2O3. The zero-order chi connectivity index (χ0) is 11.3. The van der Waals surface area contributed by atoms with Crippen molar-refractivity contribution in [2.24, 2.45) is 10.7 Å². The van der Waals surface area contributed by atoms with Crippen LogP contribution in [0.15, 0.2) is 29.3 Å². The first-order valence-corrected chi connectivity index (χ1v) is 4.29. The number of nitrogens with zero attached hydrogens (tertiary/aromatic N) is 1. The summed E-state index contributed by atoms with van der Waals surface area (Å²) in [5, 5.41) is 8.66. The zero-order valence-corrected chi connectivity index (χ0v) is 8.30. The second kappa shape index (κ2) is 4.99. The summed E-state index contributed by atoms with van der Waals surface area (Å²) in [4.78, 5) is 14.5. The van der Waals surface area contributed by atoms with Gasteiger partial charge < -0.3 is 15.6 Å². The van der Waals surface area contributed by atoms with Gasteiger partial charge in [0.2, 0.25) is 0 Å². The Morgan fingerprint density at radius 3 is 2.53 bits per heavy atom. The van der Waals surface area contributed by atoms with Crippen LogP contribution < -0.4 is 5.73 Å². The average Bonchev–Trinajstić information content (AvgIpc) is 2.26. The number of ether oxygens (including phenoxy) is 1. The maximum Gasteiger partial charge on any atom is 0.335 e. The maximum absolute atomic E-state index is 10.6. The molecule has 0 saturated carbocycles. The predicted octanol–water partition coefficient (Wildman–Crippen LogP) is 0.846. The minimum Gasteiger partial charge on any atom is -0.478 e. The van der Waals surface area contributed by atoms with Crippen LogP contribution in [0.1, 0.15) is 15.9 Å². The summed E-state index contributed by atoms with van der Waals surface area (Å²) >= 11 is 0. The lowest BCUT2D eigenvalue weighted by Crippen LogP contribution is -2.13. The quantitative estimate of drug-likeness (QED) is 0.569. The second-order valence-electron chi connectivity index (χ2n) is 2.86. The fraction of sp³-hybridized carbons (Fsp3) is 0.200. The lowest BCUT2D eigenvalue weighted by molar-refractivity contribution is 0.0697. The highest BCUT2D eigenvalue weighted by Crippen LogP contribution is 2.05. The highest BCUT2D eigenvalue weighted by atomic mass is 16.5. The molecule has 0 saturated heterocycles. The molecule has 0 spiro atoms. The molecule has 0 unspecified atom stereocenters. The SMILES string of the molecule is COC(N)=NCc1ccc(C(=O)O)cc1. The Labute approximate surface area is 87.2 Å². The number of hydrogen-bond acceptors (Lipinski definition) is 3. The van der Waals surface area contributed by atoms with E-state index in [-0.39, 0.29) is 11.6 Å². The van der Waals surface area contributed by atoms with E-state index >= 15 is 0 Å². The Morgan fingerprint density at radius 2 is 2.07 bits per heavy atom. The molecule has 0 aromatic heterocycles. The van der Waals surface area contributed by atoms with E-state index < -0.39 is 5.97 Å². The summed E-state index contributed by atoms with van der Waals surface area (Å²) < 4.78 is 4.67. The van der Waals surface area contributed by atoms with Gasteiger partial charge in [0.1, 0.15) is 0 Å². The monoisotopic (exact) mass is 208 g/mol. The highest BCUT2D eigenvalue weighted by molar-refractivity contribution is 5.87. The number of hydrogen-bond donors (Lipinski definition) is 2. The number of carbonyl (C=O) groups is 1. The number of carboxylic acid groups (broad SMARTS) is 1. The van der Waals surface area contributed by atoms with Crippen molar-refractivity contribution in [2.45, 2.75) is 6.54 Å². The van der Waals surface area contributed by atoms with Gasteiger partial charge in [-0.1, -0.05) is 12.1 Å². The minimum atomic E-state index is -0.943. The number of carboxylic acids is 1. The van der Waals surface area contributed by atoms with Crippen LogP contribution in [-0.4, -0.2) is 24.2 Å². The van der Waals surface area contributed by atoms with Crippen LogP contribution in [0.4, 0.5) is 0 Å². The normalized spacial score (nSPS) is 11.1. The molecule has 1 aromatic carbocycles. The second-order valence-corrected chi connectivity index (χ2v) is 2.86. The van der Waals surface area contributed by atoms with Crippen LogP contribution in [0.2, 0.25) is 0 Å². The predicted molar refractivity (Wildman–Crippen MR) is 55.7 cm³/mol. The van der Waals surface area contributed by atoms with Gasteiger partial charge in [0, 0.05) is 0 Å². The van der Waals surface area contributed by atoms with Gasteiger partial charge in [0.25, 0.3) is 6.02 Å². The first-order chi connectivity index (χ1) is 7.13. The molecule has 0 amide bonds. The fourth-order valence-corrected chi connectivity index (χ4v) is 0.986. The summed E-state index contributed by atoms with van der Waals surface area (Å²) in [5.41, 5.74) is 6.46. The molecule has 0 fully saturated rings. The summed E-state index contributed by atoms with van der Waals surface area (Å²) in [7, 11) is 1.44. The molecule has 0 heterocycles. The Hall–Kier alpha value is -2.04. The van der Waals surface area contributed by atoms with E-state index in [0.717, 1.165) is 5.56 Å². The third-order valence-corrected chi connectivity index (χ3v) is 1.83. The van der Waals surface area contributed by atoms with Crippen molar-refractivity contribution in [3.63, 3.8) is 0 Å². The number of amidine groups is 1. The van der Waals surface area contributed by atoms with Gasteiger partial charge in [-0.05, 0) is 17.7 Å². The third-order valence-electron chi connectivity index (χ3n) is 1.83. The van der Waals surface area contributed by atoms with Crippen LogP contribution in [0.5, 0.6) is 0 Å². The van der Waals surface area contributed by atoms with Crippen molar-refractivity contribution >= 4 is 12.0 Å². The highest BCUT2D eigenvalue weighted by Gasteiger charge is 2.01. The van der Waals surface area contributed by atoms with Crippen molar-refractivity contribution in [1.29, 1.82) is 0 Å². The van der Waals surface area contributed by atoms with Gasteiger partial charge in [0.15, 0.2) is 0 Å². The van der Waals surface area contributed by atoms with Crippen molar-refractivity contribution in [1.82, 2.24) is 0 Å². The van der Waals surface area contributed by atoms with Gasteiger partial charge in [-0.3, -0.25) is 0 Å². The van der Waals surface area contributed by atoms with E-state index in [9.17, 15) is 4.79 Å². The molecule has 0 aliphatic carbocycles. The van der Waals surface area contributed by atoms with Gasteiger partial charge in [-0.25, -0.2) is 9.79 Å². The van der Waals surface area contributed by atoms with Crippen LogP contribution in [0.3, 0.4) is 0 Å². The van der Waals surface area contributed by atoms with Crippen LogP contribution >= 0.6 is 0 Å². The van der Waals surface area contributed by atoms with E-state index in [1.807, 2.05) is 0 Å². The lowest BCUT2D eigenvalue weighted by atomic mass is 10.1. The molecule has 0 aliphatic heterocycles. The molecule has 0 atom stereocenters. The standard InChI is InChI=1S/C10H12N2O3/c1-15-10(11)12-6-7-2-4-8(5-3-7)9(13)14/h2-5H,6H2,1H3,(H2,11,12)(H,13,14). The van der Waals surface area contributed by atoms with Crippen molar-refractivity contribution < 1.29 is 14.6 Å². The molecule has 0 aliphatic rings. The van der Waals surface area contributed by atoms with Crippen LogP contribution in [-0.2, 0) is 11.3 Å². The summed E-state index contributed by atoms with van der Waals surface area (Å²) in [6, 6.07) is 6.54. The molecule has 0 radical (unpaired) electrons. The summed E-state index contributed by atoms with van der Waals surface area (Å²) in [6.07, 6.45) is 0. The van der Waals surface area contributed by atoms with Gasteiger partial charge in [-0.15, -0.1) is 0 Å². The Bertz CT molecular complexity index is 371. The van der Waals surface area contributed by atoms with Crippen LogP contribution in [0, 0.1) is 0 Å². The van der Waals surface area contributed by atoms with E-state index in [0.29, 0.717) is 6.54 Å². The molecule has 0 bridgehead atoms. The number of aromatic carboxylic acids is 1. The van der Waals surface area contributed by atoms with E-state index in [2.05, 4.69) is 9.73 Å². The minimum absolute atomic E-state index is 0.109. The van der Waals surface area contributed by atoms with Crippen molar-refractivity contribution in [3.05, 3.63) is 35.4 Å². The third kappa shape index (κ3) is 3.30. The van der Waals surface area contributed by atoms with Crippen LogP contribution in [0.25, 0.3) is 0 Å². The number of methoxy groups -OCH3 is 1. The number of benzene rings is 1. The maximum atomic E-state index is 10.6. The largest absolute Gasteiger partial charge is 0.478 e.